The summed E-state index contributed by atoms with van der Waals surface area (Å²) in [5, 5.41) is 11.7. The summed E-state index contributed by atoms with van der Waals surface area (Å²) in [6, 6.07) is 0. The summed E-state index contributed by atoms with van der Waals surface area (Å²) in [5.74, 6) is 2.68. The van der Waals surface area contributed by atoms with Gasteiger partial charge in [-0.3, -0.25) is 0 Å². The molecular weight excluding hydrogens is 416 g/mol. The van der Waals surface area contributed by atoms with Crippen LogP contribution in [0, 0.1) is 45.3 Å². The molecule has 2 heteroatoms. The molecule has 0 aromatic rings. The van der Waals surface area contributed by atoms with Gasteiger partial charge in [-0.05, 0) is 137 Å². The lowest BCUT2D eigenvalue weighted by molar-refractivity contribution is -0.230. The van der Waals surface area contributed by atoms with Crippen LogP contribution in [0.2, 0.25) is 0 Å². The fraction of sp³-hybridized carbons (Fsp3) is 0.938. The number of rotatable bonds is 6. The van der Waals surface area contributed by atoms with Crippen LogP contribution in [0.15, 0.2) is 11.6 Å². The van der Waals surface area contributed by atoms with Gasteiger partial charge in [-0.1, -0.05) is 46.3 Å². The molecule has 9 unspecified atom stereocenters. The van der Waals surface area contributed by atoms with Gasteiger partial charge < -0.3 is 9.84 Å². The van der Waals surface area contributed by atoms with Crippen LogP contribution in [0.1, 0.15) is 127 Å². The summed E-state index contributed by atoms with van der Waals surface area (Å²) in [7, 11) is 0. The van der Waals surface area contributed by atoms with E-state index in [1.165, 1.54) is 56.9 Å². The molecule has 9 atom stereocenters. The molecule has 2 nitrogen and oxygen atoms in total. The summed E-state index contributed by atoms with van der Waals surface area (Å²) >= 11 is 0. The third-order valence-electron chi connectivity index (χ3n) is 12.7. The van der Waals surface area contributed by atoms with Crippen LogP contribution in [0.25, 0.3) is 0 Å². The summed E-state index contributed by atoms with van der Waals surface area (Å²) in [6.07, 6.45) is 15.1. The number of aliphatic hydroxyl groups is 1. The zero-order chi connectivity index (χ0) is 25.2. The van der Waals surface area contributed by atoms with Gasteiger partial charge in [0.05, 0.1) is 11.7 Å². The van der Waals surface area contributed by atoms with Crippen molar-refractivity contribution in [2.24, 2.45) is 45.3 Å². The van der Waals surface area contributed by atoms with Crippen LogP contribution in [-0.2, 0) is 4.74 Å². The molecule has 4 saturated carbocycles. The largest absolute Gasteiger partial charge is 0.390 e. The van der Waals surface area contributed by atoms with Crippen molar-refractivity contribution in [3.05, 3.63) is 11.6 Å². The minimum atomic E-state index is -0.545. The molecule has 0 saturated heterocycles. The fourth-order valence-corrected chi connectivity index (χ4v) is 10.8. The van der Waals surface area contributed by atoms with Crippen molar-refractivity contribution in [1.82, 2.24) is 0 Å². The fourth-order valence-electron chi connectivity index (χ4n) is 10.8. The number of hydrogen-bond acceptors (Lipinski definition) is 2. The first kappa shape index (κ1) is 26.7. The van der Waals surface area contributed by atoms with Gasteiger partial charge in [-0.15, -0.1) is 0 Å². The SMILES string of the molecule is CCOC1CCC2(C)C(CCC3(C)C2CCC2C(C(C)(O)CCC=C(C)C)CCC23C)C1(C)C. The van der Waals surface area contributed by atoms with E-state index in [2.05, 4.69) is 68.4 Å². The summed E-state index contributed by atoms with van der Waals surface area (Å²) in [4.78, 5) is 0. The predicted octanol–water partition coefficient (Wildman–Crippen LogP) is 8.57. The van der Waals surface area contributed by atoms with Gasteiger partial charge >= 0.3 is 0 Å². The van der Waals surface area contributed by atoms with Gasteiger partial charge in [0, 0.05) is 6.61 Å². The van der Waals surface area contributed by atoms with Crippen molar-refractivity contribution in [1.29, 1.82) is 0 Å². The Bertz CT molecular complexity index is 776. The highest BCUT2D eigenvalue weighted by atomic mass is 16.5. The molecule has 0 spiro atoms. The maximum Gasteiger partial charge on any atom is 0.0653 e. The molecule has 0 aliphatic heterocycles. The normalized spacial score (nSPS) is 47.2. The molecule has 4 fully saturated rings. The minimum Gasteiger partial charge on any atom is -0.390 e. The first-order chi connectivity index (χ1) is 15.7. The second-order valence-electron chi connectivity index (χ2n) is 14.8. The maximum absolute atomic E-state index is 11.7. The van der Waals surface area contributed by atoms with Crippen LogP contribution in [0.3, 0.4) is 0 Å². The van der Waals surface area contributed by atoms with Crippen LogP contribution in [0.5, 0.6) is 0 Å². The number of fused-ring (bicyclic) bond motifs is 5. The van der Waals surface area contributed by atoms with Crippen LogP contribution in [-0.4, -0.2) is 23.4 Å². The number of hydrogen-bond donors (Lipinski definition) is 1. The van der Waals surface area contributed by atoms with Gasteiger partial charge in [0.15, 0.2) is 0 Å². The van der Waals surface area contributed by atoms with Crippen molar-refractivity contribution in [3.63, 3.8) is 0 Å². The topological polar surface area (TPSA) is 29.5 Å². The van der Waals surface area contributed by atoms with Crippen molar-refractivity contribution < 1.29 is 9.84 Å². The van der Waals surface area contributed by atoms with Crippen LogP contribution in [0.4, 0.5) is 0 Å². The van der Waals surface area contributed by atoms with Gasteiger partial charge in [0.2, 0.25) is 0 Å². The molecule has 0 aromatic carbocycles. The van der Waals surface area contributed by atoms with Gasteiger partial charge in [0.1, 0.15) is 0 Å². The Kier molecular flexibility index (Phi) is 6.99. The third kappa shape index (κ3) is 3.87. The van der Waals surface area contributed by atoms with Crippen molar-refractivity contribution in [3.8, 4) is 0 Å². The Labute approximate surface area is 211 Å². The van der Waals surface area contributed by atoms with Crippen molar-refractivity contribution in [2.45, 2.75) is 138 Å². The van der Waals surface area contributed by atoms with E-state index in [-0.39, 0.29) is 5.41 Å². The number of allylic oxidation sites excluding steroid dienone is 2. The average molecular weight is 473 g/mol. The smallest absolute Gasteiger partial charge is 0.0653 e. The van der Waals surface area contributed by atoms with Gasteiger partial charge in [-0.2, -0.15) is 0 Å². The Balaban J connectivity index is 1.60. The molecular formula is C32H56O2. The van der Waals surface area contributed by atoms with E-state index in [1.807, 2.05) is 0 Å². The van der Waals surface area contributed by atoms with E-state index >= 15 is 0 Å². The summed E-state index contributed by atoms with van der Waals surface area (Å²) < 4.78 is 6.31. The highest BCUT2D eigenvalue weighted by Crippen LogP contribution is 2.75. The average Bonchev–Trinajstić information content (AvgIpc) is 3.09. The van der Waals surface area contributed by atoms with Gasteiger partial charge in [-0.25, -0.2) is 0 Å². The number of ether oxygens (including phenoxy) is 1. The molecule has 4 aliphatic carbocycles. The Hall–Kier alpha value is -0.340. The molecule has 4 aliphatic rings. The molecule has 0 aromatic heterocycles. The Morgan fingerprint density at radius 1 is 0.912 bits per heavy atom. The van der Waals surface area contributed by atoms with Crippen molar-refractivity contribution >= 4 is 0 Å². The van der Waals surface area contributed by atoms with E-state index < -0.39 is 5.60 Å². The molecule has 1 N–H and O–H groups in total. The Morgan fingerprint density at radius 2 is 1.59 bits per heavy atom. The standard InChI is InChI=1S/C32H56O2/c1-10-34-27-17-19-29(6)25(28(27,4)5)16-21-31(8)26(29)14-13-23-24(15-20-30(23,31)7)32(9,33)18-11-12-22(2)3/h12,23-27,33H,10-11,13-21H2,1-9H3. The first-order valence-electron chi connectivity index (χ1n) is 14.7. The van der Waals surface area contributed by atoms with E-state index in [0.29, 0.717) is 34.2 Å². The monoisotopic (exact) mass is 472 g/mol. The summed E-state index contributed by atoms with van der Waals surface area (Å²) in [5.41, 5.74) is 2.25. The lowest BCUT2D eigenvalue weighted by atomic mass is 9.35. The van der Waals surface area contributed by atoms with Crippen LogP contribution >= 0.6 is 0 Å². The molecule has 0 radical (unpaired) electrons. The van der Waals surface area contributed by atoms with E-state index in [0.717, 1.165) is 31.3 Å². The lowest BCUT2D eigenvalue weighted by Crippen LogP contribution is -2.64. The quantitative estimate of drug-likeness (QED) is 0.392. The molecule has 196 valence electrons. The molecule has 34 heavy (non-hydrogen) atoms. The van der Waals surface area contributed by atoms with E-state index in [9.17, 15) is 5.11 Å². The second-order valence-corrected chi connectivity index (χ2v) is 14.8. The highest BCUT2D eigenvalue weighted by molar-refractivity contribution is 5.18. The van der Waals surface area contributed by atoms with E-state index in [1.54, 1.807) is 0 Å². The Morgan fingerprint density at radius 3 is 2.24 bits per heavy atom. The third-order valence-corrected chi connectivity index (χ3v) is 12.7. The van der Waals surface area contributed by atoms with Crippen molar-refractivity contribution in [2.75, 3.05) is 6.61 Å². The summed E-state index contributed by atoms with van der Waals surface area (Å²) in [6.45, 7) is 22.5. The van der Waals surface area contributed by atoms with Crippen LogP contribution < -0.4 is 0 Å². The maximum atomic E-state index is 11.7. The molecule has 4 rings (SSSR count). The molecule has 0 bridgehead atoms. The second kappa shape index (κ2) is 8.90. The minimum absolute atomic E-state index is 0.259. The lowest BCUT2D eigenvalue weighted by Gasteiger charge is -2.70. The zero-order valence-electron chi connectivity index (χ0n) is 24.1. The zero-order valence-corrected chi connectivity index (χ0v) is 24.1. The molecule has 0 amide bonds. The first-order valence-corrected chi connectivity index (χ1v) is 14.7. The highest BCUT2D eigenvalue weighted by Gasteiger charge is 2.69. The predicted molar refractivity (Wildman–Crippen MR) is 144 cm³/mol. The van der Waals surface area contributed by atoms with E-state index in [4.69, 9.17) is 4.74 Å². The van der Waals surface area contributed by atoms with Gasteiger partial charge in [0.25, 0.3) is 0 Å². The molecule has 0 heterocycles.